The molecule has 0 saturated heterocycles. The number of fused-ring (bicyclic) bond motifs is 1. The maximum atomic E-state index is 11.1. The molecule has 1 aliphatic rings. The van der Waals surface area contributed by atoms with Crippen molar-refractivity contribution in [2.75, 3.05) is 6.54 Å². The van der Waals surface area contributed by atoms with E-state index in [1.807, 2.05) is 6.92 Å². The van der Waals surface area contributed by atoms with Crippen LogP contribution in [0.2, 0.25) is 0 Å². The van der Waals surface area contributed by atoms with E-state index in [0.717, 1.165) is 24.2 Å². The Labute approximate surface area is 76.1 Å². The van der Waals surface area contributed by atoms with Crippen molar-refractivity contribution in [2.24, 2.45) is 0 Å². The third-order valence-electron chi connectivity index (χ3n) is 2.17. The van der Waals surface area contributed by atoms with Crippen LogP contribution in [0.5, 0.6) is 0 Å². The second-order valence-electron chi connectivity index (χ2n) is 2.90. The van der Waals surface area contributed by atoms with Crippen molar-refractivity contribution in [3.8, 4) is 0 Å². The van der Waals surface area contributed by atoms with E-state index in [2.05, 4.69) is 15.5 Å². The third-order valence-corrected chi connectivity index (χ3v) is 2.17. The zero-order chi connectivity index (χ0) is 7.84. The van der Waals surface area contributed by atoms with Crippen molar-refractivity contribution in [1.29, 1.82) is 0 Å². The molecule has 2 rings (SSSR count). The summed E-state index contributed by atoms with van der Waals surface area (Å²) >= 11 is 0. The van der Waals surface area contributed by atoms with Crippen molar-refractivity contribution in [3.63, 3.8) is 0 Å². The molecule has 0 amide bonds. The smallest absolute Gasteiger partial charge is 0.267 e. The van der Waals surface area contributed by atoms with E-state index in [-0.39, 0.29) is 24.0 Å². The van der Waals surface area contributed by atoms with Crippen LogP contribution in [-0.4, -0.2) is 16.7 Å². The molecular formula is C7H12ClN3O. The lowest BCUT2D eigenvalue weighted by Gasteiger charge is -2.18. The lowest BCUT2D eigenvalue weighted by atomic mass is 10.0. The summed E-state index contributed by atoms with van der Waals surface area (Å²) in [5.41, 5.74) is 1.96. The molecule has 0 radical (unpaired) electrons. The molecule has 12 heavy (non-hydrogen) atoms. The Morgan fingerprint density at radius 2 is 2.17 bits per heavy atom. The molecule has 5 heteroatoms. The monoisotopic (exact) mass is 189 g/mol. The fraction of sp³-hybridized carbons (Fsp3) is 0.571. The maximum absolute atomic E-state index is 11.1. The number of aromatic amines is 2. The van der Waals surface area contributed by atoms with Gasteiger partial charge in [0.25, 0.3) is 5.56 Å². The topological polar surface area (TPSA) is 60.7 Å². The standard InChI is InChI=1S/C7H11N3O.ClH/c1-4-6-5(2-3-8-4)7(11)10-9-6;/h4,8H,2-3H2,1H3,(H2,9,10,11);1H. The normalized spacial score (nSPS) is 21.2. The molecular weight excluding hydrogens is 178 g/mol. The average Bonchev–Trinajstić information content (AvgIpc) is 2.35. The summed E-state index contributed by atoms with van der Waals surface area (Å²) in [4.78, 5) is 11.1. The Bertz CT molecular complexity index is 317. The second kappa shape index (κ2) is 3.33. The Hall–Kier alpha value is -0.740. The number of halogens is 1. The largest absolute Gasteiger partial charge is 0.309 e. The van der Waals surface area contributed by atoms with Crippen LogP contribution < -0.4 is 10.9 Å². The fourth-order valence-electron chi connectivity index (χ4n) is 1.53. The second-order valence-corrected chi connectivity index (χ2v) is 2.90. The van der Waals surface area contributed by atoms with E-state index < -0.39 is 0 Å². The molecule has 3 N–H and O–H groups in total. The molecule has 1 aromatic heterocycles. The molecule has 0 bridgehead atoms. The Balaban J connectivity index is 0.000000720. The summed E-state index contributed by atoms with van der Waals surface area (Å²) < 4.78 is 0. The van der Waals surface area contributed by atoms with Crippen molar-refractivity contribution in [2.45, 2.75) is 19.4 Å². The first-order valence-corrected chi connectivity index (χ1v) is 3.82. The molecule has 68 valence electrons. The van der Waals surface area contributed by atoms with Crippen molar-refractivity contribution < 1.29 is 0 Å². The highest BCUT2D eigenvalue weighted by Gasteiger charge is 2.19. The van der Waals surface area contributed by atoms with Gasteiger partial charge in [0, 0.05) is 18.2 Å². The van der Waals surface area contributed by atoms with Gasteiger partial charge in [0.15, 0.2) is 0 Å². The summed E-state index contributed by atoms with van der Waals surface area (Å²) in [7, 11) is 0. The number of hydrogen-bond donors (Lipinski definition) is 3. The van der Waals surface area contributed by atoms with Crippen LogP contribution in [0.25, 0.3) is 0 Å². The lowest BCUT2D eigenvalue weighted by Crippen LogP contribution is -2.29. The summed E-state index contributed by atoms with van der Waals surface area (Å²) in [5, 5.41) is 8.73. The van der Waals surface area contributed by atoms with Crippen molar-refractivity contribution in [3.05, 3.63) is 21.6 Å². The van der Waals surface area contributed by atoms with Gasteiger partial charge in [0.1, 0.15) is 0 Å². The first-order chi connectivity index (χ1) is 5.29. The van der Waals surface area contributed by atoms with E-state index in [1.165, 1.54) is 0 Å². The zero-order valence-corrected chi connectivity index (χ0v) is 7.62. The number of aromatic nitrogens is 2. The van der Waals surface area contributed by atoms with E-state index in [0.29, 0.717) is 0 Å². The summed E-state index contributed by atoms with van der Waals surface area (Å²) in [6.45, 7) is 2.94. The van der Waals surface area contributed by atoms with Gasteiger partial charge in [-0.15, -0.1) is 12.4 Å². The van der Waals surface area contributed by atoms with Gasteiger partial charge in [0.05, 0.1) is 5.69 Å². The first-order valence-electron chi connectivity index (χ1n) is 3.82. The molecule has 1 aliphatic heterocycles. The average molecular weight is 190 g/mol. The van der Waals surface area contributed by atoms with Gasteiger partial charge in [-0.2, -0.15) is 0 Å². The predicted octanol–water partition coefficient (Wildman–Crippen LogP) is 0.332. The molecule has 4 nitrogen and oxygen atoms in total. The highest BCUT2D eigenvalue weighted by Crippen LogP contribution is 2.15. The number of H-pyrrole nitrogens is 2. The fourth-order valence-corrected chi connectivity index (χ4v) is 1.53. The minimum atomic E-state index is 0. The first kappa shape index (κ1) is 9.35. The third kappa shape index (κ3) is 1.28. The van der Waals surface area contributed by atoms with Gasteiger partial charge in [-0.1, -0.05) is 0 Å². The quantitative estimate of drug-likeness (QED) is 0.551. The molecule has 1 unspecified atom stereocenters. The van der Waals surface area contributed by atoms with Gasteiger partial charge in [-0.25, -0.2) is 0 Å². The SMILES string of the molecule is CC1NCCc2c1[nH][nH]c2=O.Cl. The lowest BCUT2D eigenvalue weighted by molar-refractivity contribution is 0.529. The maximum Gasteiger partial charge on any atom is 0.267 e. The highest BCUT2D eigenvalue weighted by atomic mass is 35.5. The van der Waals surface area contributed by atoms with Crippen molar-refractivity contribution in [1.82, 2.24) is 15.5 Å². The molecule has 1 atom stereocenters. The molecule has 0 saturated carbocycles. The van der Waals surface area contributed by atoms with Crippen molar-refractivity contribution >= 4 is 12.4 Å². The van der Waals surface area contributed by atoms with E-state index >= 15 is 0 Å². The minimum Gasteiger partial charge on any atom is -0.309 e. The van der Waals surface area contributed by atoms with E-state index in [1.54, 1.807) is 0 Å². The van der Waals surface area contributed by atoms with Gasteiger partial charge in [-0.05, 0) is 13.3 Å². The molecule has 0 spiro atoms. The molecule has 1 aromatic rings. The minimum absolute atomic E-state index is 0. The van der Waals surface area contributed by atoms with Crippen LogP contribution in [-0.2, 0) is 6.42 Å². The number of hydrogen-bond acceptors (Lipinski definition) is 2. The predicted molar refractivity (Wildman–Crippen MR) is 48.8 cm³/mol. The molecule has 0 aliphatic carbocycles. The number of nitrogens with one attached hydrogen (secondary N) is 3. The Kier molecular flexibility index (Phi) is 2.59. The van der Waals surface area contributed by atoms with Crippen LogP contribution in [0.1, 0.15) is 24.2 Å². The van der Waals surface area contributed by atoms with Crippen LogP contribution in [0.3, 0.4) is 0 Å². The van der Waals surface area contributed by atoms with Crippen LogP contribution >= 0.6 is 12.4 Å². The van der Waals surface area contributed by atoms with Gasteiger partial charge in [-0.3, -0.25) is 9.89 Å². The van der Waals surface area contributed by atoms with Crippen LogP contribution in [0.4, 0.5) is 0 Å². The Morgan fingerprint density at radius 3 is 2.83 bits per heavy atom. The molecule has 0 aromatic carbocycles. The molecule has 2 heterocycles. The number of rotatable bonds is 0. The van der Waals surface area contributed by atoms with Gasteiger partial charge >= 0.3 is 0 Å². The summed E-state index contributed by atoms with van der Waals surface area (Å²) in [6.07, 6.45) is 0.832. The van der Waals surface area contributed by atoms with Gasteiger partial charge in [0.2, 0.25) is 0 Å². The van der Waals surface area contributed by atoms with E-state index in [9.17, 15) is 4.79 Å². The zero-order valence-electron chi connectivity index (χ0n) is 6.81. The molecule has 0 fully saturated rings. The summed E-state index contributed by atoms with van der Waals surface area (Å²) in [5.74, 6) is 0. The highest BCUT2D eigenvalue weighted by molar-refractivity contribution is 5.85. The van der Waals surface area contributed by atoms with Gasteiger partial charge < -0.3 is 10.4 Å². The summed E-state index contributed by atoms with van der Waals surface area (Å²) in [6, 6.07) is 0.276. The van der Waals surface area contributed by atoms with Crippen LogP contribution in [0, 0.1) is 0 Å². The Morgan fingerprint density at radius 1 is 1.42 bits per heavy atom. The van der Waals surface area contributed by atoms with E-state index in [4.69, 9.17) is 0 Å². The van der Waals surface area contributed by atoms with Crippen LogP contribution in [0.15, 0.2) is 4.79 Å².